The van der Waals surface area contributed by atoms with E-state index in [4.69, 9.17) is 9.47 Å². The number of hydrogen-bond acceptors (Lipinski definition) is 8. The molecule has 0 spiro atoms. The molecule has 214 valence electrons. The van der Waals surface area contributed by atoms with Crippen LogP contribution in [0, 0.1) is 17.0 Å². The highest BCUT2D eigenvalue weighted by Gasteiger charge is 2.29. The van der Waals surface area contributed by atoms with E-state index < -0.39 is 31.3 Å². The standard InChI is InChI=1S/C29H35N3O7S/c1-19(2)31(20(3)4)15-16-39-27-18-23(10-13-26(27)38-6)30-29(33)22-9-14-28(25(17-22)32(34)35)40(36,37)24-11-7-21(5)8-12-24/h7-14,17-20H,15-16H2,1-6H3,(H,30,33). The van der Waals surface area contributed by atoms with Gasteiger partial charge in [0.25, 0.3) is 11.6 Å². The van der Waals surface area contributed by atoms with Gasteiger partial charge in [-0.3, -0.25) is 19.8 Å². The maximum absolute atomic E-state index is 13.1. The lowest BCUT2D eigenvalue weighted by Crippen LogP contribution is -2.39. The van der Waals surface area contributed by atoms with Crippen molar-refractivity contribution in [2.45, 2.75) is 56.5 Å². The average Bonchev–Trinajstić information content (AvgIpc) is 2.90. The number of aryl methyl sites for hydroxylation is 1. The second-order valence-corrected chi connectivity index (χ2v) is 11.8. The van der Waals surface area contributed by atoms with Crippen molar-refractivity contribution in [1.82, 2.24) is 4.90 Å². The number of amides is 1. The molecule has 0 bridgehead atoms. The van der Waals surface area contributed by atoms with Crippen molar-refractivity contribution in [1.29, 1.82) is 0 Å². The van der Waals surface area contributed by atoms with E-state index in [1.54, 1.807) is 37.3 Å². The van der Waals surface area contributed by atoms with Gasteiger partial charge in [-0.25, -0.2) is 8.42 Å². The average molecular weight is 570 g/mol. The van der Waals surface area contributed by atoms with Crippen LogP contribution in [0.15, 0.2) is 70.5 Å². The summed E-state index contributed by atoms with van der Waals surface area (Å²) in [6.45, 7) is 11.4. The Morgan fingerprint density at radius 3 is 2.20 bits per heavy atom. The number of rotatable bonds is 12. The van der Waals surface area contributed by atoms with Crippen LogP contribution in [0.4, 0.5) is 11.4 Å². The number of hydrogen-bond donors (Lipinski definition) is 1. The number of nitrogens with one attached hydrogen (secondary N) is 1. The normalized spacial score (nSPS) is 11.6. The van der Waals surface area contributed by atoms with Crippen molar-refractivity contribution < 1.29 is 27.6 Å². The van der Waals surface area contributed by atoms with Crippen molar-refractivity contribution >= 4 is 27.1 Å². The van der Waals surface area contributed by atoms with Crippen molar-refractivity contribution in [3.63, 3.8) is 0 Å². The topological polar surface area (TPSA) is 128 Å². The fraction of sp³-hybridized carbons (Fsp3) is 0.345. The third-order valence-corrected chi connectivity index (χ3v) is 8.21. The zero-order valence-electron chi connectivity index (χ0n) is 23.5. The summed E-state index contributed by atoms with van der Waals surface area (Å²) in [4.78, 5) is 25.7. The van der Waals surface area contributed by atoms with Crippen LogP contribution in [-0.2, 0) is 9.84 Å². The maximum atomic E-state index is 13.1. The van der Waals surface area contributed by atoms with Crippen LogP contribution in [0.3, 0.4) is 0 Å². The molecule has 0 fully saturated rings. The quantitative estimate of drug-likeness (QED) is 0.224. The minimum absolute atomic E-state index is 0.0719. The summed E-state index contributed by atoms with van der Waals surface area (Å²) in [6.07, 6.45) is 0. The Morgan fingerprint density at radius 1 is 0.975 bits per heavy atom. The van der Waals surface area contributed by atoms with E-state index in [1.165, 1.54) is 25.3 Å². The highest BCUT2D eigenvalue weighted by atomic mass is 32.2. The monoisotopic (exact) mass is 569 g/mol. The number of nitro benzene ring substituents is 1. The molecular formula is C29H35N3O7S. The van der Waals surface area contributed by atoms with E-state index in [0.29, 0.717) is 42.4 Å². The first-order valence-electron chi connectivity index (χ1n) is 12.8. The SMILES string of the molecule is COc1ccc(NC(=O)c2ccc(S(=O)(=O)c3ccc(C)cc3)c([N+](=O)[O-])c2)cc1OCCN(C(C)C)C(C)C. The minimum Gasteiger partial charge on any atom is -0.493 e. The number of nitro groups is 1. The lowest BCUT2D eigenvalue weighted by atomic mass is 10.2. The molecule has 0 heterocycles. The summed E-state index contributed by atoms with van der Waals surface area (Å²) in [7, 11) is -2.67. The fourth-order valence-electron chi connectivity index (χ4n) is 4.32. The number of carbonyl (C=O) groups is 1. The Balaban J connectivity index is 1.83. The van der Waals surface area contributed by atoms with Crippen molar-refractivity contribution in [2.24, 2.45) is 0 Å². The van der Waals surface area contributed by atoms with Gasteiger partial charge in [0.05, 0.1) is 16.9 Å². The van der Waals surface area contributed by atoms with Gasteiger partial charge in [0.2, 0.25) is 9.84 Å². The Morgan fingerprint density at radius 2 is 1.62 bits per heavy atom. The Labute approximate surface area is 235 Å². The van der Waals surface area contributed by atoms with Gasteiger partial charge in [-0.1, -0.05) is 17.7 Å². The zero-order valence-corrected chi connectivity index (χ0v) is 24.3. The molecule has 0 saturated carbocycles. The molecule has 3 aromatic carbocycles. The number of sulfone groups is 1. The molecule has 3 rings (SSSR count). The molecule has 40 heavy (non-hydrogen) atoms. The third kappa shape index (κ3) is 7.16. The summed E-state index contributed by atoms with van der Waals surface area (Å²) >= 11 is 0. The van der Waals surface area contributed by atoms with Gasteiger partial charge in [0, 0.05) is 42.0 Å². The molecule has 0 aliphatic rings. The molecule has 11 heteroatoms. The van der Waals surface area contributed by atoms with Crippen molar-refractivity contribution in [3.8, 4) is 11.5 Å². The van der Waals surface area contributed by atoms with E-state index in [0.717, 1.165) is 17.7 Å². The van der Waals surface area contributed by atoms with Gasteiger partial charge >= 0.3 is 0 Å². The lowest BCUT2D eigenvalue weighted by molar-refractivity contribution is -0.387. The Kier molecular flexibility index (Phi) is 9.88. The number of ether oxygens (including phenoxy) is 2. The van der Waals surface area contributed by atoms with Crippen LogP contribution >= 0.6 is 0 Å². The number of carbonyl (C=O) groups excluding carboxylic acids is 1. The largest absolute Gasteiger partial charge is 0.493 e. The van der Waals surface area contributed by atoms with Crippen LogP contribution in [-0.4, -0.2) is 56.5 Å². The van der Waals surface area contributed by atoms with Crippen molar-refractivity contribution in [3.05, 3.63) is 81.9 Å². The number of methoxy groups -OCH3 is 1. The number of nitrogens with zero attached hydrogens (tertiary/aromatic N) is 2. The molecule has 0 unspecified atom stereocenters. The summed E-state index contributed by atoms with van der Waals surface area (Å²) in [6, 6.07) is 14.9. The number of benzene rings is 3. The van der Waals surface area contributed by atoms with E-state index in [1.807, 2.05) is 0 Å². The minimum atomic E-state index is -4.18. The van der Waals surface area contributed by atoms with Gasteiger partial charge in [-0.2, -0.15) is 0 Å². The van der Waals surface area contributed by atoms with Gasteiger partial charge in [-0.15, -0.1) is 0 Å². The molecule has 0 saturated heterocycles. The highest BCUT2D eigenvalue weighted by molar-refractivity contribution is 7.91. The first-order chi connectivity index (χ1) is 18.8. The zero-order chi connectivity index (χ0) is 29.6. The van der Waals surface area contributed by atoms with Crippen LogP contribution < -0.4 is 14.8 Å². The predicted octanol–water partition coefficient (Wildman–Crippen LogP) is 5.49. The van der Waals surface area contributed by atoms with Crippen LogP contribution in [0.25, 0.3) is 0 Å². The molecule has 1 N–H and O–H groups in total. The molecule has 0 aliphatic carbocycles. The third-order valence-electron chi connectivity index (χ3n) is 6.39. The molecule has 0 atom stereocenters. The summed E-state index contributed by atoms with van der Waals surface area (Å²) in [5.41, 5.74) is 0.467. The fourth-order valence-corrected chi connectivity index (χ4v) is 5.72. The Hall–Kier alpha value is -3.96. The lowest BCUT2D eigenvalue weighted by Gasteiger charge is -2.30. The molecule has 1 amide bonds. The van der Waals surface area contributed by atoms with Gasteiger partial charge in [0.1, 0.15) is 11.5 Å². The summed E-state index contributed by atoms with van der Waals surface area (Å²) in [5, 5.41) is 14.5. The van der Waals surface area contributed by atoms with E-state index in [-0.39, 0.29) is 10.5 Å². The van der Waals surface area contributed by atoms with Gasteiger partial charge < -0.3 is 14.8 Å². The van der Waals surface area contributed by atoms with Crippen LogP contribution in [0.5, 0.6) is 11.5 Å². The predicted molar refractivity (Wildman–Crippen MR) is 153 cm³/mol. The molecule has 10 nitrogen and oxygen atoms in total. The van der Waals surface area contributed by atoms with E-state index >= 15 is 0 Å². The van der Waals surface area contributed by atoms with Crippen molar-refractivity contribution in [2.75, 3.05) is 25.6 Å². The van der Waals surface area contributed by atoms with Crippen LogP contribution in [0.2, 0.25) is 0 Å². The van der Waals surface area contributed by atoms with Gasteiger partial charge in [-0.05, 0) is 71.0 Å². The Bertz CT molecular complexity index is 1460. The second-order valence-electron chi connectivity index (χ2n) is 9.85. The molecule has 0 aliphatic heterocycles. The van der Waals surface area contributed by atoms with E-state index in [9.17, 15) is 23.3 Å². The molecule has 3 aromatic rings. The first-order valence-corrected chi connectivity index (χ1v) is 14.3. The smallest absolute Gasteiger partial charge is 0.289 e. The van der Waals surface area contributed by atoms with E-state index in [2.05, 4.69) is 37.9 Å². The first kappa shape index (κ1) is 30.6. The molecule has 0 radical (unpaired) electrons. The number of anilines is 1. The molecular weight excluding hydrogens is 534 g/mol. The molecule has 0 aromatic heterocycles. The maximum Gasteiger partial charge on any atom is 0.289 e. The summed E-state index contributed by atoms with van der Waals surface area (Å²) in [5.74, 6) is 0.266. The second kappa shape index (κ2) is 12.9. The van der Waals surface area contributed by atoms with Gasteiger partial charge in [0.15, 0.2) is 11.5 Å². The van der Waals surface area contributed by atoms with Crippen LogP contribution in [0.1, 0.15) is 43.6 Å². The summed E-state index contributed by atoms with van der Waals surface area (Å²) < 4.78 is 37.6. The highest BCUT2D eigenvalue weighted by Crippen LogP contribution is 2.32.